The fourth-order valence-electron chi connectivity index (χ4n) is 2.89. The number of rotatable bonds is 4. The lowest BCUT2D eigenvalue weighted by Gasteiger charge is -2.20. The number of fused-ring (bicyclic) bond motifs is 1. The van der Waals surface area contributed by atoms with Gasteiger partial charge in [0, 0.05) is 31.2 Å². The predicted molar refractivity (Wildman–Crippen MR) is 70.5 cm³/mol. The highest BCUT2D eigenvalue weighted by molar-refractivity contribution is 5.51. The second-order valence-electron chi connectivity index (χ2n) is 6.10. The van der Waals surface area contributed by atoms with Crippen LogP contribution in [-0.4, -0.2) is 35.1 Å². The molecule has 1 aromatic heterocycles. The molecule has 1 aromatic rings. The Morgan fingerprint density at radius 3 is 3.06 bits per heavy atom. The van der Waals surface area contributed by atoms with Crippen molar-refractivity contribution in [2.24, 2.45) is 17.6 Å². The molecule has 0 unspecified atom stereocenters. The molecular formula is C13H19N5. The molecule has 1 aliphatic heterocycles. The minimum absolute atomic E-state index is 0.0759. The number of anilines is 2. The molecule has 4 rings (SSSR count). The summed E-state index contributed by atoms with van der Waals surface area (Å²) < 4.78 is 0. The summed E-state index contributed by atoms with van der Waals surface area (Å²) in [5, 5.41) is 3.39. The molecule has 2 atom stereocenters. The maximum Gasteiger partial charge on any atom is 0.134 e. The lowest BCUT2D eigenvalue weighted by atomic mass is 10.3. The van der Waals surface area contributed by atoms with Crippen molar-refractivity contribution < 1.29 is 0 Å². The van der Waals surface area contributed by atoms with E-state index in [-0.39, 0.29) is 5.54 Å². The van der Waals surface area contributed by atoms with Crippen LogP contribution in [-0.2, 0) is 0 Å². The van der Waals surface area contributed by atoms with E-state index in [1.807, 2.05) is 0 Å². The SMILES string of the molecule is N[C@@]12C[C@@H]1CN(c1cc(NCC3CC3)ncn1)C2. The maximum atomic E-state index is 6.22. The van der Waals surface area contributed by atoms with Gasteiger partial charge in [0.1, 0.15) is 18.0 Å². The van der Waals surface area contributed by atoms with Gasteiger partial charge in [0.2, 0.25) is 0 Å². The van der Waals surface area contributed by atoms with Gasteiger partial charge in [-0.25, -0.2) is 9.97 Å². The monoisotopic (exact) mass is 245 g/mol. The van der Waals surface area contributed by atoms with Gasteiger partial charge < -0.3 is 16.0 Å². The van der Waals surface area contributed by atoms with E-state index in [0.29, 0.717) is 5.92 Å². The molecular weight excluding hydrogens is 226 g/mol. The molecule has 5 heteroatoms. The van der Waals surface area contributed by atoms with Crippen molar-refractivity contribution in [1.29, 1.82) is 0 Å². The van der Waals surface area contributed by atoms with Gasteiger partial charge >= 0.3 is 0 Å². The summed E-state index contributed by atoms with van der Waals surface area (Å²) in [7, 11) is 0. The largest absolute Gasteiger partial charge is 0.370 e. The van der Waals surface area contributed by atoms with E-state index in [4.69, 9.17) is 5.73 Å². The van der Waals surface area contributed by atoms with Crippen LogP contribution in [0.2, 0.25) is 0 Å². The van der Waals surface area contributed by atoms with Crippen molar-refractivity contribution in [2.45, 2.75) is 24.8 Å². The summed E-state index contributed by atoms with van der Waals surface area (Å²) in [6, 6.07) is 2.05. The van der Waals surface area contributed by atoms with Gasteiger partial charge in [-0.05, 0) is 31.1 Å². The molecule has 3 fully saturated rings. The van der Waals surface area contributed by atoms with Crippen molar-refractivity contribution in [3.63, 3.8) is 0 Å². The first-order valence-electron chi connectivity index (χ1n) is 6.83. The van der Waals surface area contributed by atoms with Gasteiger partial charge in [0.25, 0.3) is 0 Å². The first-order valence-corrected chi connectivity index (χ1v) is 6.83. The number of piperidine rings is 1. The van der Waals surface area contributed by atoms with Crippen LogP contribution >= 0.6 is 0 Å². The molecule has 5 nitrogen and oxygen atoms in total. The van der Waals surface area contributed by atoms with Crippen LogP contribution in [0.5, 0.6) is 0 Å². The summed E-state index contributed by atoms with van der Waals surface area (Å²) in [4.78, 5) is 10.9. The summed E-state index contributed by atoms with van der Waals surface area (Å²) >= 11 is 0. The minimum Gasteiger partial charge on any atom is -0.370 e. The lowest BCUT2D eigenvalue weighted by molar-refractivity contribution is 0.696. The van der Waals surface area contributed by atoms with Crippen LogP contribution in [0.3, 0.4) is 0 Å². The fraction of sp³-hybridized carbons (Fsp3) is 0.692. The van der Waals surface area contributed by atoms with E-state index in [1.54, 1.807) is 6.33 Å². The maximum absolute atomic E-state index is 6.22. The quantitative estimate of drug-likeness (QED) is 0.822. The smallest absolute Gasteiger partial charge is 0.134 e. The van der Waals surface area contributed by atoms with Gasteiger partial charge in [-0.1, -0.05) is 0 Å². The molecule has 0 spiro atoms. The first kappa shape index (κ1) is 10.6. The van der Waals surface area contributed by atoms with Crippen molar-refractivity contribution in [1.82, 2.24) is 9.97 Å². The number of nitrogens with two attached hydrogens (primary N) is 1. The highest BCUT2D eigenvalue weighted by atomic mass is 15.3. The highest BCUT2D eigenvalue weighted by Crippen LogP contribution is 2.48. The van der Waals surface area contributed by atoms with Crippen molar-refractivity contribution >= 4 is 11.6 Å². The van der Waals surface area contributed by atoms with E-state index >= 15 is 0 Å². The van der Waals surface area contributed by atoms with E-state index in [1.165, 1.54) is 19.3 Å². The average Bonchev–Trinajstić information content (AvgIpc) is 3.27. The summed E-state index contributed by atoms with van der Waals surface area (Å²) in [5.74, 6) is 3.49. The van der Waals surface area contributed by atoms with Gasteiger partial charge in [0.05, 0.1) is 0 Å². The zero-order valence-electron chi connectivity index (χ0n) is 10.5. The molecule has 18 heavy (non-hydrogen) atoms. The molecule has 96 valence electrons. The molecule has 2 saturated carbocycles. The number of nitrogens with one attached hydrogen (secondary N) is 1. The normalized spacial score (nSPS) is 33.4. The molecule has 2 heterocycles. The lowest BCUT2D eigenvalue weighted by Crippen LogP contribution is -2.33. The Morgan fingerprint density at radius 2 is 2.33 bits per heavy atom. The Labute approximate surface area is 107 Å². The number of aromatic nitrogens is 2. The summed E-state index contributed by atoms with van der Waals surface area (Å²) in [6.07, 6.45) is 5.54. The Morgan fingerprint density at radius 1 is 1.44 bits per heavy atom. The van der Waals surface area contributed by atoms with Crippen LogP contribution in [0.4, 0.5) is 11.6 Å². The summed E-state index contributed by atoms with van der Waals surface area (Å²) in [6.45, 7) is 3.03. The molecule has 0 amide bonds. The fourth-order valence-corrected chi connectivity index (χ4v) is 2.89. The Balaban J connectivity index is 1.45. The Bertz CT molecular complexity index is 472. The molecule has 0 bridgehead atoms. The van der Waals surface area contributed by atoms with Crippen molar-refractivity contribution in [2.75, 3.05) is 29.9 Å². The summed E-state index contributed by atoms with van der Waals surface area (Å²) in [5.41, 5.74) is 6.30. The number of hydrogen-bond donors (Lipinski definition) is 2. The second-order valence-corrected chi connectivity index (χ2v) is 6.10. The van der Waals surface area contributed by atoms with Crippen LogP contribution in [0.25, 0.3) is 0 Å². The topological polar surface area (TPSA) is 67.1 Å². The van der Waals surface area contributed by atoms with Crippen LogP contribution in [0.1, 0.15) is 19.3 Å². The van der Waals surface area contributed by atoms with Crippen LogP contribution < -0.4 is 16.0 Å². The molecule has 3 aliphatic rings. The van der Waals surface area contributed by atoms with E-state index in [9.17, 15) is 0 Å². The third-order valence-corrected chi connectivity index (χ3v) is 4.45. The van der Waals surface area contributed by atoms with E-state index < -0.39 is 0 Å². The Hall–Kier alpha value is -1.36. The van der Waals surface area contributed by atoms with E-state index in [0.717, 1.165) is 37.2 Å². The third-order valence-electron chi connectivity index (χ3n) is 4.45. The molecule has 1 saturated heterocycles. The minimum atomic E-state index is 0.0759. The van der Waals surface area contributed by atoms with Crippen LogP contribution in [0, 0.1) is 11.8 Å². The van der Waals surface area contributed by atoms with E-state index in [2.05, 4.69) is 26.3 Å². The van der Waals surface area contributed by atoms with Crippen molar-refractivity contribution in [3.8, 4) is 0 Å². The molecule has 3 N–H and O–H groups in total. The zero-order valence-corrected chi connectivity index (χ0v) is 10.5. The highest BCUT2D eigenvalue weighted by Gasteiger charge is 2.57. The zero-order chi connectivity index (χ0) is 12.2. The molecule has 0 aromatic carbocycles. The Kier molecular flexibility index (Phi) is 2.09. The number of nitrogens with zero attached hydrogens (tertiary/aromatic N) is 3. The van der Waals surface area contributed by atoms with Gasteiger partial charge in [0.15, 0.2) is 0 Å². The number of hydrogen-bond acceptors (Lipinski definition) is 5. The van der Waals surface area contributed by atoms with Gasteiger partial charge in [-0.3, -0.25) is 0 Å². The van der Waals surface area contributed by atoms with Gasteiger partial charge in [-0.15, -0.1) is 0 Å². The predicted octanol–water partition coefficient (Wildman–Crippen LogP) is 0.836. The van der Waals surface area contributed by atoms with Crippen molar-refractivity contribution in [3.05, 3.63) is 12.4 Å². The van der Waals surface area contributed by atoms with Gasteiger partial charge in [-0.2, -0.15) is 0 Å². The molecule has 0 radical (unpaired) electrons. The first-order chi connectivity index (χ1) is 8.73. The van der Waals surface area contributed by atoms with Crippen LogP contribution in [0.15, 0.2) is 12.4 Å². The third kappa shape index (κ3) is 1.82. The average molecular weight is 245 g/mol. The molecule has 2 aliphatic carbocycles. The standard InChI is InChI=1S/C13H19N5/c14-13-4-10(13)6-18(7-13)12-3-11(16-8-17-12)15-5-9-1-2-9/h3,8-10H,1-2,4-7,14H2,(H,15,16,17)/t10-,13-/m1/s1. The second kappa shape index (κ2) is 3.57.